The topological polar surface area (TPSA) is 67.8 Å². The first kappa shape index (κ1) is 21.3. The highest BCUT2D eigenvalue weighted by molar-refractivity contribution is 7.99. The molecule has 6 nitrogen and oxygen atoms in total. The lowest BCUT2D eigenvalue weighted by molar-refractivity contribution is 0.212. The molecule has 1 heterocycles. The van der Waals surface area contributed by atoms with Gasteiger partial charge in [-0.05, 0) is 43.2 Å². The highest BCUT2D eigenvalue weighted by Gasteiger charge is 2.24. The fourth-order valence-electron chi connectivity index (χ4n) is 3.28. The van der Waals surface area contributed by atoms with Crippen molar-refractivity contribution in [3.8, 4) is 11.6 Å². The van der Waals surface area contributed by atoms with Crippen LogP contribution in [0, 0.1) is 0 Å². The predicted molar refractivity (Wildman–Crippen MR) is 120 cm³/mol. The van der Waals surface area contributed by atoms with E-state index in [1.807, 2.05) is 67.5 Å². The van der Waals surface area contributed by atoms with Gasteiger partial charge in [-0.2, -0.15) is 11.8 Å². The van der Waals surface area contributed by atoms with Crippen molar-refractivity contribution >= 4 is 17.7 Å². The van der Waals surface area contributed by atoms with Crippen LogP contribution >= 0.6 is 11.8 Å². The number of aliphatic imine (C=N–C) groups is 1. The van der Waals surface area contributed by atoms with Gasteiger partial charge in [-0.15, -0.1) is 0 Å². The number of para-hydroxylation sites is 1. The summed E-state index contributed by atoms with van der Waals surface area (Å²) in [6.07, 6.45) is 7.69. The van der Waals surface area contributed by atoms with Crippen LogP contribution in [0.15, 0.2) is 53.7 Å². The van der Waals surface area contributed by atoms with Crippen LogP contribution in [0.3, 0.4) is 0 Å². The standard InChI is InChI=1S/C22H30N4O2S/c1-23-22(26-18-9-10-20(14-18)29-2)25-16-17-8-11-21(24-15-17)28-13-12-27-19-6-4-3-5-7-19/h3-8,11,15,18,20H,9-10,12-14,16H2,1-2H3,(H2,23,25,26). The maximum absolute atomic E-state index is 5.64. The van der Waals surface area contributed by atoms with E-state index in [9.17, 15) is 0 Å². The molecule has 1 aliphatic carbocycles. The minimum absolute atomic E-state index is 0.453. The van der Waals surface area contributed by atoms with Gasteiger partial charge in [0, 0.05) is 37.1 Å². The van der Waals surface area contributed by atoms with Crippen molar-refractivity contribution in [2.45, 2.75) is 37.1 Å². The maximum atomic E-state index is 5.64. The molecule has 2 aromatic rings. The van der Waals surface area contributed by atoms with Gasteiger partial charge in [-0.1, -0.05) is 24.3 Å². The number of aromatic nitrogens is 1. The molecule has 0 radical (unpaired) electrons. The van der Waals surface area contributed by atoms with Gasteiger partial charge in [-0.3, -0.25) is 4.99 Å². The highest BCUT2D eigenvalue weighted by Crippen LogP contribution is 2.28. The van der Waals surface area contributed by atoms with Gasteiger partial charge in [0.1, 0.15) is 19.0 Å². The number of benzene rings is 1. The summed E-state index contributed by atoms with van der Waals surface area (Å²) in [7, 11) is 1.81. The van der Waals surface area contributed by atoms with Crippen LogP contribution in [-0.4, -0.2) is 48.8 Å². The summed E-state index contributed by atoms with van der Waals surface area (Å²) in [6, 6.07) is 14.1. The molecule has 1 aliphatic rings. The van der Waals surface area contributed by atoms with Crippen LogP contribution < -0.4 is 20.1 Å². The molecule has 0 amide bonds. The summed E-state index contributed by atoms with van der Waals surface area (Å²) in [5.41, 5.74) is 1.08. The van der Waals surface area contributed by atoms with Gasteiger partial charge in [0.25, 0.3) is 0 Å². The zero-order chi connectivity index (χ0) is 20.3. The fourth-order valence-corrected chi connectivity index (χ4v) is 4.08. The Labute approximate surface area is 177 Å². The van der Waals surface area contributed by atoms with Crippen molar-refractivity contribution in [2.75, 3.05) is 26.5 Å². The normalized spacial score (nSPS) is 19.0. The van der Waals surface area contributed by atoms with Gasteiger partial charge in [0.2, 0.25) is 5.88 Å². The average Bonchev–Trinajstić information content (AvgIpc) is 3.23. The van der Waals surface area contributed by atoms with E-state index in [0.717, 1.165) is 22.5 Å². The lowest BCUT2D eigenvalue weighted by Gasteiger charge is -2.17. The Hall–Kier alpha value is -2.41. The third-order valence-electron chi connectivity index (χ3n) is 4.89. The van der Waals surface area contributed by atoms with Crippen LogP contribution in [0.4, 0.5) is 0 Å². The number of nitrogens with zero attached hydrogens (tertiary/aromatic N) is 2. The van der Waals surface area contributed by atoms with Gasteiger partial charge in [-0.25, -0.2) is 4.98 Å². The van der Waals surface area contributed by atoms with E-state index in [-0.39, 0.29) is 0 Å². The molecule has 3 rings (SSSR count). The Balaban J connectivity index is 1.36. The highest BCUT2D eigenvalue weighted by atomic mass is 32.2. The Morgan fingerprint density at radius 3 is 2.66 bits per heavy atom. The summed E-state index contributed by atoms with van der Waals surface area (Å²) < 4.78 is 11.3. The number of guanidine groups is 1. The molecular weight excluding hydrogens is 384 g/mol. The van der Waals surface area contributed by atoms with E-state index in [1.165, 1.54) is 19.3 Å². The third kappa shape index (κ3) is 7.16. The Kier molecular flexibility index (Phi) is 8.49. The molecule has 2 atom stereocenters. The number of hydrogen-bond donors (Lipinski definition) is 2. The minimum atomic E-state index is 0.453. The predicted octanol–water partition coefficient (Wildman–Crippen LogP) is 3.49. The Bertz CT molecular complexity index is 755. The van der Waals surface area contributed by atoms with Crippen LogP contribution in [-0.2, 0) is 6.54 Å². The van der Waals surface area contributed by atoms with E-state index in [0.29, 0.717) is 31.7 Å². The molecule has 0 bridgehead atoms. The second-order valence-electron chi connectivity index (χ2n) is 6.95. The van der Waals surface area contributed by atoms with Gasteiger partial charge >= 0.3 is 0 Å². The summed E-state index contributed by atoms with van der Waals surface area (Å²) >= 11 is 1.96. The number of pyridine rings is 1. The molecule has 1 saturated carbocycles. The van der Waals surface area contributed by atoms with Crippen molar-refractivity contribution in [1.29, 1.82) is 0 Å². The lowest BCUT2D eigenvalue weighted by atomic mass is 10.2. The van der Waals surface area contributed by atoms with Crippen LogP contribution in [0.5, 0.6) is 11.6 Å². The summed E-state index contributed by atoms with van der Waals surface area (Å²) in [5.74, 6) is 2.28. The fraction of sp³-hybridized carbons (Fsp3) is 0.455. The maximum Gasteiger partial charge on any atom is 0.213 e. The Morgan fingerprint density at radius 2 is 1.97 bits per heavy atom. The zero-order valence-electron chi connectivity index (χ0n) is 17.1. The van der Waals surface area contributed by atoms with Crippen molar-refractivity contribution < 1.29 is 9.47 Å². The molecule has 0 aliphatic heterocycles. The summed E-state index contributed by atoms with van der Waals surface area (Å²) in [6.45, 7) is 1.60. The molecule has 1 fully saturated rings. The number of nitrogens with one attached hydrogen (secondary N) is 2. The molecule has 2 unspecified atom stereocenters. The monoisotopic (exact) mass is 414 g/mol. The first-order valence-electron chi connectivity index (χ1n) is 10.0. The molecule has 1 aromatic heterocycles. The van der Waals surface area contributed by atoms with Crippen molar-refractivity contribution in [3.05, 3.63) is 54.2 Å². The molecule has 0 saturated heterocycles. The van der Waals surface area contributed by atoms with Crippen molar-refractivity contribution in [2.24, 2.45) is 4.99 Å². The second-order valence-corrected chi connectivity index (χ2v) is 8.09. The van der Waals surface area contributed by atoms with Crippen molar-refractivity contribution in [1.82, 2.24) is 15.6 Å². The molecule has 156 valence electrons. The number of hydrogen-bond acceptors (Lipinski definition) is 5. The van der Waals surface area contributed by atoms with Gasteiger partial charge < -0.3 is 20.1 Å². The molecular formula is C22H30N4O2S. The first-order chi connectivity index (χ1) is 14.3. The quantitative estimate of drug-likeness (QED) is 0.372. The van der Waals surface area contributed by atoms with Gasteiger partial charge in [0.05, 0.1) is 0 Å². The van der Waals surface area contributed by atoms with E-state index in [1.54, 1.807) is 0 Å². The number of ether oxygens (including phenoxy) is 2. The molecule has 7 heteroatoms. The van der Waals surface area contributed by atoms with E-state index >= 15 is 0 Å². The summed E-state index contributed by atoms with van der Waals surface area (Å²) in [4.78, 5) is 8.71. The second kappa shape index (κ2) is 11.6. The zero-order valence-corrected chi connectivity index (χ0v) is 18.0. The van der Waals surface area contributed by atoms with Crippen molar-refractivity contribution in [3.63, 3.8) is 0 Å². The van der Waals surface area contributed by atoms with Crippen LogP contribution in [0.2, 0.25) is 0 Å². The molecule has 29 heavy (non-hydrogen) atoms. The van der Waals surface area contributed by atoms with Crippen LogP contribution in [0.25, 0.3) is 0 Å². The average molecular weight is 415 g/mol. The van der Waals surface area contributed by atoms with E-state index in [2.05, 4.69) is 26.9 Å². The number of thioether (sulfide) groups is 1. The Morgan fingerprint density at radius 1 is 1.14 bits per heavy atom. The van der Waals surface area contributed by atoms with E-state index in [4.69, 9.17) is 9.47 Å². The SMILES string of the molecule is CN=C(NCc1ccc(OCCOc2ccccc2)nc1)NC1CCC(SC)C1. The third-order valence-corrected chi connectivity index (χ3v) is 5.98. The molecule has 0 spiro atoms. The molecule has 2 N–H and O–H groups in total. The minimum Gasteiger partial charge on any atom is -0.490 e. The number of rotatable bonds is 9. The molecule has 1 aromatic carbocycles. The van der Waals surface area contributed by atoms with E-state index < -0.39 is 0 Å². The van der Waals surface area contributed by atoms with Gasteiger partial charge in [0.15, 0.2) is 5.96 Å². The first-order valence-corrected chi connectivity index (χ1v) is 11.3. The smallest absolute Gasteiger partial charge is 0.213 e. The van der Waals surface area contributed by atoms with Crippen LogP contribution in [0.1, 0.15) is 24.8 Å². The largest absolute Gasteiger partial charge is 0.490 e. The summed E-state index contributed by atoms with van der Waals surface area (Å²) in [5, 5.41) is 7.66. The lowest BCUT2D eigenvalue weighted by Crippen LogP contribution is -2.42.